The molecule has 1 aromatic rings. The smallest absolute Gasteiger partial charge is 0.0623 e. The van der Waals surface area contributed by atoms with Crippen LogP contribution in [0.2, 0.25) is 0 Å². The average molecular weight is 237 g/mol. The molecule has 3 rings (SSSR count). The highest BCUT2D eigenvalue weighted by molar-refractivity contribution is 7.07. The van der Waals surface area contributed by atoms with Gasteiger partial charge < -0.3 is 10.1 Å². The number of fused-ring (bicyclic) bond motifs is 2. The number of thiophene rings is 1. The number of likely N-dealkylation sites (N-methyl/N-ethyl adjacent to an activating group) is 1. The van der Waals surface area contributed by atoms with E-state index in [0.29, 0.717) is 18.2 Å². The van der Waals surface area contributed by atoms with Gasteiger partial charge in [0.1, 0.15) is 0 Å². The van der Waals surface area contributed by atoms with Crippen LogP contribution in [0, 0.1) is 5.92 Å². The van der Waals surface area contributed by atoms with Gasteiger partial charge >= 0.3 is 0 Å². The highest BCUT2D eigenvalue weighted by Crippen LogP contribution is 2.40. The van der Waals surface area contributed by atoms with Crippen LogP contribution in [0.3, 0.4) is 0 Å². The number of rotatable bonds is 4. The zero-order valence-electron chi connectivity index (χ0n) is 9.69. The van der Waals surface area contributed by atoms with Gasteiger partial charge in [-0.2, -0.15) is 11.3 Å². The first-order chi connectivity index (χ1) is 7.86. The summed E-state index contributed by atoms with van der Waals surface area (Å²) in [6, 6.07) is 2.83. The number of ether oxygens (including phenoxy) is 1. The summed E-state index contributed by atoms with van der Waals surface area (Å²) in [6.45, 7) is 0. The summed E-state index contributed by atoms with van der Waals surface area (Å²) in [6.07, 6.45) is 6.07. The lowest BCUT2D eigenvalue weighted by Gasteiger charge is -2.28. The van der Waals surface area contributed by atoms with Gasteiger partial charge in [-0.25, -0.2) is 0 Å². The lowest BCUT2D eigenvalue weighted by atomic mass is 9.82. The Hall–Kier alpha value is -0.380. The standard InChI is InChI=1S/C13H19NOS/c1-14-12(6-9-4-5-16-8-9)11-7-10-2-3-13(11)15-10/h4-5,8,10-14H,2-3,6-7H2,1H3. The van der Waals surface area contributed by atoms with Crippen LogP contribution in [0.25, 0.3) is 0 Å². The molecule has 2 aliphatic heterocycles. The Morgan fingerprint density at radius 2 is 2.50 bits per heavy atom. The zero-order chi connectivity index (χ0) is 11.0. The predicted octanol–water partition coefficient (Wildman–Crippen LogP) is 2.45. The molecule has 0 aromatic carbocycles. The first kappa shape index (κ1) is 10.8. The minimum atomic E-state index is 0.529. The third-order valence-electron chi connectivity index (χ3n) is 4.08. The average Bonchev–Trinajstić information content (AvgIpc) is 3.02. The summed E-state index contributed by atoms with van der Waals surface area (Å²) in [5.74, 6) is 0.726. The van der Waals surface area contributed by atoms with Crippen molar-refractivity contribution < 1.29 is 4.74 Å². The fraction of sp³-hybridized carbons (Fsp3) is 0.692. The fourth-order valence-electron chi connectivity index (χ4n) is 3.23. The Bertz CT molecular complexity index is 338. The summed E-state index contributed by atoms with van der Waals surface area (Å²) < 4.78 is 5.95. The second-order valence-corrected chi connectivity index (χ2v) is 5.78. The van der Waals surface area contributed by atoms with Crippen LogP contribution in [-0.2, 0) is 11.2 Å². The second-order valence-electron chi connectivity index (χ2n) is 5.00. The molecule has 88 valence electrons. The van der Waals surface area contributed by atoms with Crippen molar-refractivity contribution in [3.8, 4) is 0 Å². The van der Waals surface area contributed by atoms with Gasteiger partial charge in [-0.05, 0) is 55.1 Å². The molecule has 16 heavy (non-hydrogen) atoms. The lowest BCUT2D eigenvalue weighted by molar-refractivity contribution is 0.0863. The third-order valence-corrected chi connectivity index (χ3v) is 4.81. The molecule has 1 aromatic heterocycles. The Balaban J connectivity index is 1.67. The van der Waals surface area contributed by atoms with Crippen molar-refractivity contribution >= 4 is 11.3 Å². The van der Waals surface area contributed by atoms with Crippen molar-refractivity contribution in [1.29, 1.82) is 0 Å². The van der Waals surface area contributed by atoms with E-state index in [1.165, 1.54) is 24.8 Å². The van der Waals surface area contributed by atoms with E-state index in [1.807, 2.05) is 0 Å². The maximum atomic E-state index is 5.95. The molecule has 0 amide bonds. The van der Waals surface area contributed by atoms with Crippen LogP contribution < -0.4 is 5.32 Å². The SMILES string of the molecule is CNC(Cc1ccsc1)C1CC2CCC1O2. The highest BCUT2D eigenvalue weighted by atomic mass is 32.1. The molecule has 2 bridgehead atoms. The van der Waals surface area contributed by atoms with Gasteiger partial charge in [0.15, 0.2) is 0 Å². The normalized spacial score (nSPS) is 34.4. The van der Waals surface area contributed by atoms with Crippen molar-refractivity contribution in [3.63, 3.8) is 0 Å². The predicted molar refractivity (Wildman–Crippen MR) is 66.9 cm³/mol. The van der Waals surface area contributed by atoms with E-state index in [4.69, 9.17) is 4.74 Å². The zero-order valence-corrected chi connectivity index (χ0v) is 10.5. The minimum absolute atomic E-state index is 0.529. The molecule has 3 heterocycles. The molecule has 4 atom stereocenters. The number of hydrogen-bond acceptors (Lipinski definition) is 3. The van der Waals surface area contributed by atoms with E-state index in [-0.39, 0.29) is 0 Å². The van der Waals surface area contributed by atoms with Crippen molar-refractivity contribution in [2.24, 2.45) is 5.92 Å². The van der Waals surface area contributed by atoms with E-state index in [2.05, 4.69) is 29.2 Å². The van der Waals surface area contributed by atoms with Crippen molar-refractivity contribution in [1.82, 2.24) is 5.32 Å². The highest BCUT2D eigenvalue weighted by Gasteiger charge is 2.43. The lowest BCUT2D eigenvalue weighted by Crippen LogP contribution is -2.40. The molecule has 2 aliphatic rings. The number of nitrogens with one attached hydrogen (secondary N) is 1. The Labute approximate surface area is 101 Å². The molecule has 3 heteroatoms. The monoisotopic (exact) mass is 237 g/mol. The van der Waals surface area contributed by atoms with Gasteiger partial charge in [0.25, 0.3) is 0 Å². The molecule has 0 saturated carbocycles. The second kappa shape index (κ2) is 4.47. The van der Waals surface area contributed by atoms with Crippen LogP contribution >= 0.6 is 11.3 Å². The maximum absolute atomic E-state index is 5.95. The van der Waals surface area contributed by atoms with E-state index in [0.717, 1.165) is 12.3 Å². The molecule has 1 N–H and O–H groups in total. The summed E-state index contributed by atoms with van der Waals surface area (Å²) in [5.41, 5.74) is 1.46. The van der Waals surface area contributed by atoms with E-state index in [9.17, 15) is 0 Å². The summed E-state index contributed by atoms with van der Waals surface area (Å²) >= 11 is 1.79. The topological polar surface area (TPSA) is 21.3 Å². The molecular formula is C13H19NOS. The van der Waals surface area contributed by atoms with Gasteiger partial charge in [0, 0.05) is 12.0 Å². The molecule has 0 aliphatic carbocycles. The summed E-state index contributed by atoms with van der Waals surface area (Å²) in [7, 11) is 2.09. The van der Waals surface area contributed by atoms with Gasteiger partial charge in [-0.1, -0.05) is 0 Å². The fourth-order valence-corrected chi connectivity index (χ4v) is 3.91. The Kier molecular flexibility index (Phi) is 3.01. The van der Waals surface area contributed by atoms with E-state index in [1.54, 1.807) is 11.3 Å². The maximum Gasteiger partial charge on any atom is 0.0623 e. The van der Waals surface area contributed by atoms with Crippen LogP contribution in [0.15, 0.2) is 16.8 Å². The van der Waals surface area contributed by atoms with Gasteiger partial charge in [-0.15, -0.1) is 0 Å². The quantitative estimate of drug-likeness (QED) is 0.868. The summed E-state index contributed by atoms with van der Waals surface area (Å²) in [4.78, 5) is 0. The van der Waals surface area contributed by atoms with Gasteiger partial charge in [-0.3, -0.25) is 0 Å². The van der Waals surface area contributed by atoms with E-state index < -0.39 is 0 Å². The van der Waals surface area contributed by atoms with Crippen LogP contribution in [0.4, 0.5) is 0 Å². The van der Waals surface area contributed by atoms with E-state index >= 15 is 0 Å². The third kappa shape index (κ3) is 1.92. The van der Waals surface area contributed by atoms with Crippen molar-refractivity contribution in [3.05, 3.63) is 22.4 Å². The molecule has 4 unspecified atom stereocenters. The van der Waals surface area contributed by atoms with Gasteiger partial charge in [0.2, 0.25) is 0 Å². The minimum Gasteiger partial charge on any atom is -0.375 e. The molecule has 0 spiro atoms. The van der Waals surface area contributed by atoms with Crippen molar-refractivity contribution in [2.75, 3.05) is 7.05 Å². The largest absolute Gasteiger partial charge is 0.375 e. The van der Waals surface area contributed by atoms with Crippen LogP contribution in [0.5, 0.6) is 0 Å². The molecule has 0 radical (unpaired) electrons. The van der Waals surface area contributed by atoms with Crippen molar-refractivity contribution in [2.45, 2.75) is 43.9 Å². The molecule has 2 nitrogen and oxygen atoms in total. The van der Waals surface area contributed by atoms with Gasteiger partial charge in [0.05, 0.1) is 12.2 Å². The Morgan fingerprint density at radius 1 is 1.56 bits per heavy atom. The first-order valence-corrected chi connectivity index (χ1v) is 7.15. The Morgan fingerprint density at radius 3 is 3.06 bits per heavy atom. The first-order valence-electron chi connectivity index (χ1n) is 6.20. The summed E-state index contributed by atoms with van der Waals surface area (Å²) in [5, 5.41) is 7.92. The molecule has 2 fully saturated rings. The van der Waals surface area contributed by atoms with Crippen LogP contribution in [0.1, 0.15) is 24.8 Å². The number of hydrogen-bond donors (Lipinski definition) is 1. The van der Waals surface area contributed by atoms with Crippen LogP contribution in [-0.4, -0.2) is 25.3 Å². The molecule has 2 saturated heterocycles. The molecular weight excluding hydrogens is 218 g/mol.